The molecule has 116 valence electrons. The molecule has 0 spiro atoms. The Balaban J connectivity index is 2.06. The summed E-state index contributed by atoms with van der Waals surface area (Å²) in [5.41, 5.74) is 6.92. The van der Waals surface area contributed by atoms with E-state index in [-0.39, 0.29) is 5.41 Å². The second kappa shape index (κ2) is 4.38. The first kappa shape index (κ1) is 13.6. The maximum atomic E-state index is 4.72. The van der Waals surface area contributed by atoms with Crippen LogP contribution in [0, 0.1) is 6.92 Å². The molecule has 0 N–H and O–H groups in total. The summed E-state index contributed by atoms with van der Waals surface area (Å²) in [6, 6.07) is 8.62. The van der Waals surface area contributed by atoms with E-state index in [2.05, 4.69) is 48.9 Å². The molecule has 0 radical (unpaired) electrons. The Labute approximate surface area is 140 Å². The van der Waals surface area contributed by atoms with Gasteiger partial charge < -0.3 is 0 Å². The summed E-state index contributed by atoms with van der Waals surface area (Å²) in [6.07, 6.45) is 7.61. The molecular weight excluding hydrogens is 294 g/mol. The lowest BCUT2D eigenvalue weighted by Gasteiger charge is -2.35. The van der Waals surface area contributed by atoms with Crippen molar-refractivity contribution in [3.05, 3.63) is 65.7 Å². The zero-order chi connectivity index (χ0) is 16.5. The van der Waals surface area contributed by atoms with Crippen LogP contribution in [0.15, 0.2) is 49.1 Å². The van der Waals surface area contributed by atoms with Crippen LogP contribution in [0.2, 0.25) is 0 Å². The molecule has 0 saturated carbocycles. The molecule has 1 aliphatic carbocycles. The van der Waals surface area contributed by atoms with Gasteiger partial charge in [-0.05, 0) is 35.6 Å². The number of aromatic nitrogens is 3. The maximum absolute atomic E-state index is 4.72. The van der Waals surface area contributed by atoms with Crippen molar-refractivity contribution in [3.8, 4) is 11.3 Å². The Morgan fingerprint density at radius 2 is 1.83 bits per heavy atom. The molecule has 5 rings (SSSR count). The van der Waals surface area contributed by atoms with Crippen LogP contribution in [-0.2, 0) is 5.41 Å². The minimum Gasteiger partial charge on any atom is -0.264 e. The predicted molar refractivity (Wildman–Crippen MR) is 97.1 cm³/mol. The fourth-order valence-corrected chi connectivity index (χ4v) is 4.19. The second-order valence-electron chi connectivity index (χ2n) is 7.13. The molecule has 3 heterocycles. The number of nitrogens with zero attached hydrogens (tertiary/aromatic N) is 3. The van der Waals surface area contributed by atoms with Gasteiger partial charge in [-0.3, -0.25) is 15.0 Å². The van der Waals surface area contributed by atoms with Gasteiger partial charge in [0.2, 0.25) is 0 Å². The van der Waals surface area contributed by atoms with Crippen molar-refractivity contribution >= 4 is 21.7 Å². The molecule has 24 heavy (non-hydrogen) atoms. The summed E-state index contributed by atoms with van der Waals surface area (Å²) in [4.78, 5) is 13.7. The first-order valence-electron chi connectivity index (χ1n) is 8.21. The van der Waals surface area contributed by atoms with Gasteiger partial charge in [-0.25, -0.2) is 0 Å². The van der Waals surface area contributed by atoms with E-state index in [9.17, 15) is 0 Å². The Morgan fingerprint density at radius 1 is 0.958 bits per heavy atom. The van der Waals surface area contributed by atoms with Crippen molar-refractivity contribution in [3.63, 3.8) is 0 Å². The van der Waals surface area contributed by atoms with E-state index in [1.807, 2.05) is 24.7 Å². The van der Waals surface area contributed by atoms with Crippen LogP contribution in [0.25, 0.3) is 32.9 Å². The lowest BCUT2D eigenvalue weighted by Crippen LogP contribution is -2.25. The smallest absolute Gasteiger partial charge is 0.0802 e. The summed E-state index contributed by atoms with van der Waals surface area (Å²) in [5.74, 6) is 0. The number of aryl methyl sites for hydroxylation is 1. The highest BCUT2D eigenvalue weighted by atomic mass is 14.7. The summed E-state index contributed by atoms with van der Waals surface area (Å²) >= 11 is 0. The Morgan fingerprint density at radius 3 is 2.71 bits per heavy atom. The zero-order valence-corrected chi connectivity index (χ0v) is 14.0. The third kappa shape index (κ3) is 1.59. The Kier molecular flexibility index (Phi) is 2.49. The van der Waals surface area contributed by atoms with Gasteiger partial charge in [0.1, 0.15) is 0 Å². The molecule has 3 aromatic heterocycles. The third-order valence-corrected chi connectivity index (χ3v) is 5.23. The normalized spacial score (nSPS) is 14.8. The minimum absolute atomic E-state index is 0.125. The number of hydrogen-bond donors (Lipinski definition) is 0. The van der Waals surface area contributed by atoms with Gasteiger partial charge in [-0.15, -0.1) is 0 Å². The number of fused-ring (bicyclic) bond motifs is 4. The Bertz CT molecular complexity index is 1140. The monoisotopic (exact) mass is 311 g/mol. The molecule has 0 saturated heterocycles. The lowest BCUT2D eigenvalue weighted by molar-refractivity contribution is 0.649. The largest absolute Gasteiger partial charge is 0.264 e. The van der Waals surface area contributed by atoms with Gasteiger partial charge in [0.25, 0.3) is 0 Å². The van der Waals surface area contributed by atoms with Crippen molar-refractivity contribution in [2.75, 3.05) is 0 Å². The fraction of sp³-hybridized carbons (Fsp3) is 0.190. The first-order valence-corrected chi connectivity index (χ1v) is 8.21. The highest BCUT2D eigenvalue weighted by molar-refractivity contribution is 6.04. The SMILES string of the molecule is Cc1cc2c3c(nccc3c1)-c1cnc3ccncc3c1C2(C)C. The number of rotatable bonds is 0. The predicted octanol–water partition coefficient (Wildman–Crippen LogP) is 4.79. The zero-order valence-electron chi connectivity index (χ0n) is 14.0. The van der Waals surface area contributed by atoms with Gasteiger partial charge >= 0.3 is 0 Å². The van der Waals surface area contributed by atoms with Gasteiger partial charge in [0, 0.05) is 46.5 Å². The summed E-state index contributed by atoms with van der Waals surface area (Å²) in [7, 11) is 0. The molecule has 3 nitrogen and oxygen atoms in total. The van der Waals surface area contributed by atoms with Crippen LogP contribution in [0.4, 0.5) is 0 Å². The van der Waals surface area contributed by atoms with Crippen molar-refractivity contribution in [2.24, 2.45) is 0 Å². The molecule has 0 amide bonds. The van der Waals surface area contributed by atoms with Crippen molar-refractivity contribution in [1.82, 2.24) is 15.0 Å². The number of pyridine rings is 3. The van der Waals surface area contributed by atoms with Gasteiger partial charge in [0.15, 0.2) is 0 Å². The highest BCUT2D eigenvalue weighted by Crippen LogP contribution is 2.49. The number of hydrogen-bond acceptors (Lipinski definition) is 3. The Hall–Kier alpha value is -2.81. The van der Waals surface area contributed by atoms with E-state index in [1.54, 1.807) is 6.20 Å². The molecule has 0 aliphatic heterocycles. The average Bonchev–Trinajstić information content (AvgIpc) is 2.58. The second-order valence-corrected chi connectivity index (χ2v) is 7.13. The van der Waals surface area contributed by atoms with Gasteiger partial charge in [-0.1, -0.05) is 31.5 Å². The van der Waals surface area contributed by atoms with Crippen molar-refractivity contribution in [2.45, 2.75) is 26.2 Å². The molecule has 4 aromatic rings. The van der Waals surface area contributed by atoms with E-state index in [1.165, 1.54) is 27.5 Å². The standard InChI is InChI=1S/C21H17N3/c1-12-8-13-4-7-23-20-15-11-24-17-5-6-22-10-14(17)19(15)21(2,3)16(9-12)18(13)20/h4-11H,1-3H3. The molecule has 0 fully saturated rings. The van der Waals surface area contributed by atoms with Crippen LogP contribution in [0.1, 0.15) is 30.5 Å². The van der Waals surface area contributed by atoms with E-state index in [0.717, 1.165) is 22.2 Å². The van der Waals surface area contributed by atoms with E-state index >= 15 is 0 Å². The number of benzene rings is 1. The molecule has 0 bridgehead atoms. The van der Waals surface area contributed by atoms with Crippen molar-refractivity contribution in [1.29, 1.82) is 0 Å². The van der Waals surface area contributed by atoms with Crippen LogP contribution >= 0.6 is 0 Å². The van der Waals surface area contributed by atoms with Crippen LogP contribution in [0.5, 0.6) is 0 Å². The van der Waals surface area contributed by atoms with E-state index < -0.39 is 0 Å². The van der Waals surface area contributed by atoms with Gasteiger partial charge in [0.05, 0.1) is 11.2 Å². The lowest BCUT2D eigenvalue weighted by atomic mass is 9.69. The van der Waals surface area contributed by atoms with Crippen LogP contribution in [-0.4, -0.2) is 15.0 Å². The van der Waals surface area contributed by atoms with Gasteiger partial charge in [-0.2, -0.15) is 0 Å². The summed E-state index contributed by atoms with van der Waals surface area (Å²) in [5, 5.41) is 3.62. The maximum Gasteiger partial charge on any atom is 0.0802 e. The van der Waals surface area contributed by atoms with E-state index in [4.69, 9.17) is 4.98 Å². The highest BCUT2D eigenvalue weighted by Gasteiger charge is 2.36. The summed E-state index contributed by atoms with van der Waals surface area (Å²) < 4.78 is 0. The summed E-state index contributed by atoms with van der Waals surface area (Å²) in [6.45, 7) is 6.75. The molecule has 0 atom stereocenters. The minimum atomic E-state index is -0.125. The third-order valence-electron chi connectivity index (χ3n) is 5.23. The quantitative estimate of drug-likeness (QED) is 0.468. The molecular formula is C21H17N3. The van der Waals surface area contributed by atoms with Crippen molar-refractivity contribution < 1.29 is 0 Å². The van der Waals surface area contributed by atoms with Crippen LogP contribution < -0.4 is 0 Å². The molecule has 1 aliphatic rings. The topological polar surface area (TPSA) is 38.7 Å². The fourth-order valence-electron chi connectivity index (χ4n) is 4.19. The van der Waals surface area contributed by atoms with Crippen LogP contribution in [0.3, 0.4) is 0 Å². The molecule has 0 unspecified atom stereocenters. The molecule has 1 aromatic carbocycles. The van der Waals surface area contributed by atoms with E-state index in [0.29, 0.717) is 0 Å². The average molecular weight is 311 g/mol. The first-order chi connectivity index (χ1) is 11.6. The molecule has 3 heteroatoms.